The lowest BCUT2D eigenvalue weighted by atomic mass is 9.99. The molecule has 1 atom stereocenters. The van der Waals surface area contributed by atoms with Gasteiger partial charge in [-0.25, -0.2) is 8.78 Å². The quantitative estimate of drug-likeness (QED) is 0.660. The standard InChI is InChI=1S/C14H12Cl2F2N2/c15-9-1-3-12(16)8(5-9)6-14(20-19)11-7-10(17)2-4-13(11)18/h1-5,7,14,20H,6,19H2. The normalized spacial score (nSPS) is 12.4. The Morgan fingerprint density at radius 1 is 1.10 bits per heavy atom. The van der Waals surface area contributed by atoms with E-state index < -0.39 is 17.7 Å². The van der Waals surface area contributed by atoms with Gasteiger partial charge in [-0.1, -0.05) is 23.2 Å². The number of halogens is 4. The first kappa shape index (κ1) is 15.2. The van der Waals surface area contributed by atoms with Crippen LogP contribution in [0.25, 0.3) is 0 Å². The van der Waals surface area contributed by atoms with E-state index >= 15 is 0 Å². The molecule has 3 N–H and O–H groups in total. The molecular weight excluding hydrogens is 305 g/mol. The molecule has 2 aromatic carbocycles. The second kappa shape index (κ2) is 6.50. The molecule has 6 heteroatoms. The van der Waals surface area contributed by atoms with Crippen LogP contribution < -0.4 is 11.3 Å². The van der Waals surface area contributed by atoms with E-state index in [0.717, 1.165) is 18.2 Å². The van der Waals surface area contributed by atoms with Gasteiger partial charge in [0.2, 0.25) is 0 Å². The van der Waals surface area contributed by atoms with E-state index in [2.05, 4.69) is 5.43 Å². The molecular formula is C14H12Cl2F2N2. The van der Waals surface area contributed by atoms with Crippen molar-refractivity contribution in [3.05, 3.63) is 69.2 Å². The van der Waals surface area contributed by atoms with Crippen molar-refractivity contribution in [1.82, 2.24) is 5.43 Å². The highest BCUT2D eigenvalue weighted by molar-refractivity contribution is 6.33. The Hall–Kier alpha value is -1.20. The molecule has 0 bridgehead atoms. The van der Waals surface area contributed by atoms with E-state index in [9.17, 15) is 8.78 Å². The van der Waals surface area contributed by atoms with E-state index in [-0.39, 0.29) is 12.0 Å². The Kier molecular flexibility index (Phi) is 4.94. The number of rotatable bonds is 4. The number of hydrogen-bond donors (Lipinski definition) is 2. The highest BCUT2D eigenvalue weighted by atomic mass is 35.5. The van der Waals surface area contributed by atoms with Gasteiger partial charge in [-0.15, -0.1) is 0 Å². The minimum Gasteiger partial charge on any atom is -0.271 e. The van der Waals surface area contributed by atoms with Gasteiger partial charge in [-0.3, -0.25) is 11.3 Å². The fourth-order valence-electron chi connectivity index (χ4n) is 1.96. The second-order valence-electron chi connectivity index (χ2n) is 4.32. The lowest BCUT2D eigenvalue weighted by Crippen LogP contribution is -2.30. The Balaban J connectivity index is 2.33. The summed E-state index contributed by atoms with van der Waals surface area (Å²) in [5.41, 5.74) is 3.32. The fraction of sp³-hybridized carbons (Fsp3) is 0.143. The molecule has 2 rings (SSSR count). The van der Waals surface area contributed by atoms with Gasteiger partial charge in [0.05, 0.1) is 6.04 Å². The number of nitrogens with one attached hydrogen (secondary N) is 1. The predicted octanol–water partition coefficient (Wildman–Crippen LogP) is 4.02. The number of benzene rings is 2. The number of nitrogens with two attached hydrogens (primary N) is 1. The van der Waals surface area contributed by atoms with Crippen molar-refractivity contribution in [2.75, 3.05) is 0 Å². The lowest BCUT2D eigenvalue weighted by molar-refractivity contribution is 0.502. The van der Waals surface area contributed by atoms with Crippen molar-refractivity contribution < 1.29 is 8.78 Å². The first-order valence-corrected chi connectivity index (χ1v) is 6.62. The van der Waals surface area contributed by atoms with Crippen LogP contribution in [0.3, 0.4) is 0 Å². The maximum Gasteiger partial charge on any atom is 0.128 e. The average Bonchev–Trinajstić information content (AvgIpc) is 2.42. The van der Waals surface area contributed by atoms with E-state index in [0.29, 0.717) is 15.6 Å². The summed E-state index contributed by atoms with van der Waals surface area (Å²) in [6.45, 7) is 0. The van der Waals surface area contributed by atoms with Crippen LogP contribution in [0.15, 0.2) is 36.4 Å². The fourth-order valence-corrected chi connectivity index (χ4v) is 2.35. The zero-order valence-corrected chi connectivity index (χ0v) is 11.8. The molecule has 0 spiro atoms. The van der Waals surface area contributed by atoms with Crippen molar-refractivity contribution in [3.63, 3.8) is 0 Å². The average molecular weight is 317 g/mol. The van der Waals surface area contributed by atoms with Crippen molar-refractivity contribution in [1.29, 1.82) is 0 Å². The van der Waals surface area contributed by atoms with Gasteiger partial charge in [0.15, 0.2) is 0 Å². The first-order valence-electron chi connectivity index (χ1n) is 5.86. The molecule has 0 aliphatic carbocycles. The summed E-state index contributed by atoms with van der Waals surface area (Å²) in [5.74, 6) is 4.38. The van der Waals surface area contributed by atoms with Crippen LogP contribution in [0.4, 0.5) is 8.78 Å². The smallest absolute Gasteiger partial charge is 0.128 e. The number of hydrazine groups is 1. The molecule has 0 aromatic heterocycles. The van der Waals surface area contributed by atoms with Crippen LogP contribution in [0, 0.1) is 11.6 Å². The molecule has 0 fully saturated rings. The van der Waals surface area contributed by atoms with Crippen LogP contribution >= 0.6 is 23.2 Å². The van der Waals surface area contributed by atoms with Gasteiger partial charge in [0.1, 0.15) is 11.6 Å². The highest BCUT2D eigenvalue weighted by Gasteiger charge is 2.17. The molecule has 2 aromatic rings. The van der Waals surface area contributed by atoms with Crippen molar-refractivity contribution in [2.45, 2.75) is 12.5 Å². The Labute approximate surface area is 125 Å². The minimum absolute atomic E-state index is 0.142. The Morgan fingerprint density at radius 3 is 2.55 bits per heavy atom. The van der Waals surface area contributed by atoms with Crippen molar-refractivity contribution in [3.8, 4) is 0 Å². The van der Waals surface area contributed by atoms with Crippen LogP contribution in [-0.2, 0) is 6.42 Å². The molecule has 0 amide bonds. The van der Waals surface area contributed by atoms with Gasteiger partial charge in [-0.05, 0) is 48.4 Å². The maximum atomic E-state index is 13.8. The molecule has 0 saturated heterocycles. The van der Waals surface area contributed by atoms with Gasteiger partial charge >= 0.3 is 0 Å². The lowest BCUT2D eigenvalue weighted by Gasteiger charge is -2.18. The Bertz CT molecular complexity index is 620. The monoisotopic (exact) mass is 316 g/mol. The van der Waals surface area contributed by atoms with E-state index in [1.165, 1.54) is 0 Å². The summed E-state index contributed by atoms with van der Waals surface area (Å²) in [4.78, 5) is 0. The van der Waals surface area contributed by atoms with E-state index in [1.54, 1.807) is 18.2 Å². The van der Waals surface area contributed by atoms with Gasteiger partial charge in [0.25, 0.3) is 0 Å². The molecule has 1 unspecified atom stereocenters. The molecule has 106 valence electrons. The molecule has 0 radical (unpaired) electrons. The second-order valence-corrected chi connectivity index (χ2v) is 5.17. The summed E-state index contributed by atoms with van der Waals surface area (Å²) in [7, 11) is 0. The van der Waals surface area contributed by atoms with Gasteiger partial charge < -0.3 is 0 Å². The van der Waals surface area contributed by atoms with Crippen LogP contribution in [0.5, 0.6) is 0 Å². The molecule has 0 aliphatic rings. The third-order valence-corrected chi connectivity index (χ3v) is 3.57. The third-order valence-electron chi connectivity index (χ3n) is 2.97. The predicted molar refractivity (Wildman–Crippen MR) is 76.6 cm³/mol. The molecule has 0 heterocycles. The molecule has 20 heavy (non-hydrogen) atoms. The zero-order chi connectivity index (χ0) is 14.7. The summed E-state index contributed by atoms with van der Waals surface area (Å²) >= 11 is 12.0. The van der Waals surface area contributed by atoms with Crippen molar-refractivity contribution in [2.24, 2.45) is 5.84 Å². The summed E-state index contributed by atoms with van der Waals surface area (Å²) in [6, 6.07) is 7.59. The first-order chi connectivity index (χ1) is 9.51. The largest absolute Gasteiger partial charge is 0.271 e. The highest BCUT2D eigenvalue weighted by Crippen LogP contribution is 2.27. The molecule has 2 nitrogen and oxygen atoms in total. The number of hydrogen-bond acceptors (Lipinski definition) is 2. The van der Waals surface area contributed by atoms with Crippen LogP contribution in [-0.4, -0.2) is 0 Å². The topological polar surface area (TPSA) is 38.0 Å². The van der Waals surface area contributed by atoms with Crippen LogP contribution in [0.1, 0.15) is 17.2 Å². The van der Waals surface area contributed by atoms with E-state index in [4.69, 9.17) is 29.0 Å². The molecule has 0 saturated carbocycles. The summed E-state index contributed by atoms with van der Waals surface area (Å²) in [6.07, 6.45) is 0.288. The SMILES string of the molecule is NNC(Cc1cc(Cl)ccc1Cl)c1cc(F)ccc1F. The summed E-state index contributed by atoms with van der Waals surface area (Å²) < 4.78 is 27.0. The third kappa shape index (κ3) is 3.46. The van der Waals surface area contributed by atoms with Crippen LogP contribution in [0.2, 0.25) is 10.0 Å². The summed E-state index contributed by atoms with van der Waals surface area (Å²) in [5, 5.41) is 1.01. The zero-order valence-electron chi connectivity index (χ0n) is 10.3. The molecule has 0 aliphatic heterocycles. The van der Waals surface area contributed by atoms with E-state index in [1.807, 2.05) is 0 Å². The van der Waals surface area contributed by atoms with Crippen molar-refractivity contribution >= 4 is 23.2 Å². The maximum absolute atomic E-state index is 13.8. The van der Waals surface area contributed by atoms with Gasteiger partial charge in [-0.2, -0.15) is 0 Å². The minimum atomic E-state index is -0.610. The van der Waals surface area contributed by atoms with Gasteiger partial charge in [0, 0.05) is 15.6 Å². The Morgan fingerprint density at radius 2 is 1.85 bits per heavy atom.